The number of aromatic nitrogens is 1. The number of pyridine rings is 1. The topological polar surface area (TPSA) is 50.2 Å². The van der Waals surface area contributed by atoms with Gasteiger partial charge in [0.15, 0.2) is 0 Å². The lowest BCUT2D eigenvalue weighted by atomic mass is 10.1. The van der Waals surface area contributed by atoms with E-state index in [-0.39, 0.29) is 6.42 Å². The highest BCUT2D eigenvalue weighted by Crippen LogP contribution is 2.09. The predicted octanol–water partition coefficient (Wildman–Crippen LogP) is 2.83. The van der Waals surface area contributed by atoms with Gasteiger partial charge in [-0.2, -0.15) is 0 Å². The van der Waals surface area contributed by atoms with Crippen LogP contribution in [0.2, 0.25) is 0 Å². The molecule has 0 fully saturated rings. The first-order valence-electron chi connectivity index (χ1n) is 5.45. The van der Waals surface area contributed by atoms with Crippen LogP contribution in [0.15, 0.2) is 36.2 Å². The average Bonchev–Trinajstić information content (AvgIpc) is 2.27. The molecular formula is C13H17NO2. The molecule has 0 spiro atoms. The maximum Gasteiger partial charge on any atom is 0.303 e. The standard InChI is InChI=1S/C13H17NO2/c1-11(4-2-6-13(15)16)7-8-12-5-3-9-14-10-12/h3-5,9-10H,2,6-8H2,1H3,(H,15,16)/b11-4+. The van der Waals surface area contributed by atoms with Crippen molar-refractivity contribution in [2.45, 2.75) is 32.6 Å². The first-order chi connectivity index (χ1) is 7.68. The molecule has 16 heavy (non-hydrogen) atoms. The Balaban J connectivity index is 2.29. The van der Waals surface area contributed by atoms with Crippen molar-refractivity contribution in [2.24, 2.45) is 0 Å². The van der Waals surface area contributed by atoms with Crippen LogP contribution in [0.1, 0.15) is 31.7 Å². The fourth-order valence-electron chi connectivity index (χ4n) is 1.43. The van der Waals surface area contributed by atoms with Crippen LogP contribution in [-0.2, 0) is 11.2 Å². The summed E-state index contributed by atoms with van der Waals surface area (Å²) < 4.78 is 0. The molecule has 86 valence electrons. The smallest absolute Gasteiger partial charge is 0.303 e. The summed E-state index contributed by atoms with van der Waals surface area (Å²) in [4.78, 5) is 14.4. The van der Waals surface area contributed by atoms with Gasteiger partial charge in [-0.15, -0.1) is 0 Å². The molecule has 3 nitrogen and oxygen atoms in total. The van der Waals surface area contributed by atoms with Crippen molar-refractivity contribution in [1.82, 2.24) is 4.98 Å². The highest BCUT2D eigenvalue weighted by Gasteiger charge is 1.96. The van der Waals surface area contributed by atoms with E-state index in [1.54, 1.807) is 6.20 Å². The van der Waals surface area contributed by atoms with E-state index in [0.717, 1.165) is 12.8 Å². The molecule has 1 rings (SSSR count). The van der Waals surface area contributed by atoms with Gasteiger partial charge < -0.3 is 5.11 Å². The quantitative estimate of drug-likeness (QED) is 0.748. The Hall–Kier alpha value is -1.64. The highest BCUT2D eigenvalue weighted by molar-refractivity contribution is 5.66. The zero-order chi connectivity index (χ0) is 11.8. The van der Waals surface area contributed by atoms with E-state index in [4.69, 9.17) is 5.11 Å². The molecule has 0 aliphatic rings. The van der Waals surface area contributed by atoms with Crippen LogP contribution in [0.3, 0.4) is 0 Å². The lowest BCUT2D eigenvalue weighted by molar-refractivity contribution is -0.136. The molecule has 0 amide bonds. The first kappa shape index (κ1) is 12.4. The van der Waals surface area contributed by atoms with E-state index < -0.39 is 5.97 Å². The Kier molecular flexibility index (Phi) is 5.26. The van der Waals surface area contributed by atoms with Crippen molar-refractivity contribution in [1.29, 1.82) is 0 Å². The van der Waals surface area contributed by atoms with Crippen LogP contribution in [0.5, 0.6) is 0 Å². The number of aryl methyl sites for hydroxylation is 1. The molecule has 1 aromatic rings. The molecule has 3 heteroatoms. The molecule has 0 radical (unpaired) electrons. The molecule has 0 unspecified atom stereocenters. The van der Waals surface area contributed by atoms with Gasteiger partial charge in [-0.1, -0.05) is 17.7 Å². The Morgan fingerprint density at radius 2 is 2.31 bits per heavy atom. The van der Waals surface area contributed by atoms with E-state index >= 15 is 0 Å². The van der Waals surface area contributed by atoms with Crippen LogP contribution >= 0.6 is 0 Å². The molecule has 1 N–H and O–H groups in total. The molecule has 0 aromatic carbocycles. The minimum absolute atomic E-state index is 0.213. The molecule has 1 heterocycles. The van der Waals surface area contributed by atoms with Crippen LogP contribution in [0.25, 0.3) is 0 Å². The van der Waals surface area contributed by atoms with Crippen LogP contribution in [0, 0.1) is 0 Å². The van der Waals surface area contributed by atoms with E-state index in [9.17, 15) is 4.79 Å². The number of nitrogens with zero attached hydrogens (tertiary/aromatic N) is 1. The van der Waals surface area contributed by atoms with Crippen LogP contribution < -0.4 is 0 Å². The van der Waals surface area contributed by atoms with E-state index in [1.165, 1.54) is 11.1 Å². The maximum atomic E-state index is 10.3. The van der Waals surface area contributed by atoms with Gasteiger partial charge in [-0.25, -0.2) is 0 Å². The third kappa shape index (κ3) is 5.29. The van der Waals surface area contributed by atoms with Gasteiger partial charge in [0.25, 0.3) is 0 Å². The zero-order valence-corrected chi connectivity index (χ0v) is 9.52. The second kappa shape index (κ2) is 6.77. The number of rotatable bonds is 6. The number of hydrogen-bond acceptors (Lipinski definition) is 2. The Labute approximate surface area is 95.8 Å². The molecular weight excluding hydrogens is 202 g/mol. The van der Waals surface area contributed by atoms with Crippen LogP contribution in [-0.4, -0.2) is 16.1 Å². The second-order valence-electron chi connectivity index (χ2n) is 3.84. The fourth-order valence-corrected chi connectivity index (χ4v) is 1.43. The summed E-state index contributed by atoms with van der Waals surface area (Å²) in [6.45, 7) is 2.04. The van der Waals surface area contributed by atoms with Crippen molar-refractivity contribution >= 4 is 5.97 Å². The number of hydrogen-bond donors (Lipinski definition) is 1. The number of allylic oxidation sites excluding steroid dienone is 2. The Bertz CT molecular complexity index is 357. The average molecular weight is 219 g/mol. The largest absolute Gasteiger partial charge is 0.481 e. The molecule has 0 saturated heterocycles. The van der Waals surface area contributed by atoms with E-state index in [1.807, 2.05) is 25.3 Å². The van der Waals surface area contributed by atoms with Crippen molar-refractivity contribution in [3.05, 3.63) is 41.7 Å². The molecule has 1 aromatic heterocycles. The fraction of sp³-hybridized carbons (Fsp3) is 0.385. The second-order valence-corrected chi connectivity index (χ2v) is 3.84. The summed E-state index contributed by atoms with van der Waals surface area (Å²) in [5.74, 6) is -0.740. The minimum Gasteiger partial charge on any atom is -0.481 e. The van der Waals surface area contributed by atoms with Gasteiger partial charge in [-0.05, 0) is 37.8 Å². The Morgan fingerprint density at radius 3 is 2.94 bits per heavy atom. The monoisotopic (exact) mass is 219 g/mol. The SMILES string of the molecule is C/C(=C\CCC(=O)O)CCc1cccnc1. The number of carboxylic acid groups (broad SMARTS) is 1. The van der Waals surface area contributed by atoms with Crippen molar-refractivity contribution in [3.63, 3.8) is 0 Å². The zero-order valence-electron chi connectivity index (χ0n) is 9.52. The van der Waals surface area contributed by atoms with Gasteiger partial charge in [0.1, 0.15) is 0 Å². The van der Waals surface area contributed by atoms with Crippen molar-refractivity contribution < 1.29 is 9.90 Å². The summed E-state index contributed by atoms with van der Waals surface area (Å²) >= 11 is 0. The summed E-state index contributed by atoms with van der Waals surface area (Å²) in [7, 11) is 0. The molecule has 0 saturated carbocycles. The maximum absolute atomic E-state index is 10.3. The number of carboxylic acids is 1. The summed E-state index contributed by atoms with van der Waals surface area (Å²) in [6.07, 6.45) is 8.39. The van der Waals surface area contributed by atoms with Gasteiger partial charge in [0, 0.05) is 18.8 Å². The lowest BCUT2D eigenvalue weighted by Crippen LogP contribution is -1.93. The lowest BCUT2D eigenvalue weighted by Gasteiger charge is -2.01. The summed E-state index contributed by atoms with van der Waals surface area (Å²) in [5.41, 5.74) is 2.46. The summed E-state index contributed by atoms with van der Waals surface area (Å²) in [6, 6.07) is 3.98. The number of aliphatic carboxylic acids is 1. The molecule has 0 aliphatic carbocycles. The van der Waals surface area contributed by atoms with Crippen molar-refractivity contribution in [2.75, 3.05) is 0 Å². The summed E-state index contributed by atoms with van der Waals surface area (Å²) in [5, 5.41) is 8.50. The predicted molar refractivity (Wildman–Crippen MR) is 63.2 cm³/mol. The van der Waals surface area contributed by atoms with Gasteiger partial charge in [0.2, 0.25) is 0 Å². The third-order valence-corrected chi connectivity index (χ3v) is 2.38. The highest BCUT2D eigenvalue weighted by atomic mass is 16.4. The molecule has 0 bridgehead atoms. The number of carbonyl (C=O) groups is 1. The normalized spacial score (nSPS) is 11.4. The third-order valence-electron chi connectivity index (χ3n) is 2.38. The van der Waals surface area contributed by atoms with Gasteiger partial charge in [-0.3, -0.25) is 9.78 Å². The van der Waals surface area contributed by atoms with E-state index in [2.05, 4.69) is 11.1 Å². The molecule has 0 aliphatic heterocycles. The van der Waals surface area contributed by atoms with Crippen LogP contribution in [0.4, 0.5) is 0 Å². The van der Waals surface area contributed by atoms with E-state index in [0.29, 0.717) is 6.42 Å². The first-order valence-corrected chi connectivity index (χ1v) is 5.45. The Morgan fingerprint density at radius 1 is 1.50 bits per heavy atom. The van der Waals surface area contributed by atoms with Gasteiger partial charge >= 0.3 is 5.97 Å². The van der Waals surface area contributed by atoms with Gasteiger partial charge in [0.05, 0.1) is 0 Å². The van der Waals surface area contributed by atoms with Crippen molar-refractivity contribution in [3.8, 4) is 0 Å². The minimum atomic E-state index is -0.740. The molecule has 0 atom stereocenters.